The van der Waals surface area contributed by atoms with Crippen molar-refractivity contribution in [1.29, 1.82) is 0 Å². The summed E-state index contributed by atoms with van der Waals surface area (Å²) in [6.45, 7) is 6.56. The van der Waals surface area contributed by atoms with E-state index in [2.05, 4.69) is 9.55 Å². The Bertz CT molecular complexity index is 844. The molecule has 1 N–H and O–H groups in total. The maximum absolute atomic E-state index is 12.8. The van der Waals surface area contributed by atoms with E-state index in [4.69, 9.17) is 0 Å². The Hall–Kier alpha value is -1.38. The minimum atomic E-state index is -3.65. The van der Waals surface area contributed by atoms with Gasteiger partial charge in [-0.15, -0.1) is 0 Å². The number of aromatic amines is 1. The Morgan fingerprint density at radius 3 is 2.62 bits per heavy atom. The van der Waals surface area contributed by atoms with E-state index < -0.39 is 10.0 Å². The first-order valence-corrected chi connectivity index (χ1v) is 8.95. The molecule has 3 heterocycles. The third-order valence-corrected chi connectivity index (χ3v) is 7.51. The van der Waals surface area contributed by atoms with Gasteiger partial charge in [0, 0.05) is 30.2 Å². The largest absolute Gasteiger partial charge is 0.346 e. The monoisotopic (exact) mass is 327 g/mol. The van der Waals surface area contributed by atoms with Crippen molar-refractivity contribution in [2.24, 2.45) is 0 Å². The Morgan fingerprint density at radius 1 is 1.29 bits per heavy atom. The summed E-state index contributed by atoms with van der Waals surface area (Å²) in [6.07, 6.45) is 0. The predicted octanol–water partition coefficient (Wildman–Crippen LogP) is 1.62. The van der Waals surface area contributed by atoms with Crippen LogP contribution in [-0.4, -0.2) is 28.8 Å². The summed E-state index contributed by atoms with van der Waals surface area (Å²) in [5.74, 6) is 0. The zero-order valence-corrected chi connectivity index (χ0v) is 13.7. The van der Waals surface area contributed by atoms with E-state index in [-0.39, 0.29) is 15.1 Å². The first-order chi connectivity index (χ1) is 9.82. The van der Waals surface area contributed by atoms with Gasteiger partial charge in [0.15, 0.2) is 4.21 Å². The van der Waals surface area contributed by atoms with Gasteiger partial charge in [0.2, 0.25) is 0 Å². The van der Waals surface area contributed by atoms with Crippen LogP contribution in [0.5, 0.6) is 0 Å². The maximum Gasteiger partial charge on any atom is 0.305 e. The van der Waals surface area contributed by atoms with Gasteiger partial charge in [-0.2, -0.15) is 4.31 Å². The molecule has 0 fully saturated rings. The van der Waals surface area contributed by atoms with E-state index in [9.17, 15) is 13.2 Å². The van der Waals surface area contributed by atoms with Crippen LogP contribution in [0.3, 0.4) is 0 Å². The number of sulfonamides is 1. The van der Waals surface area contributed by atoms with Crippen LogP contribution in [0.4, 0.5) is 0 Å². The highest BCUT2D eigenvalue weighted by atomic mass is 32.2. The Labute approximate surface area is 127 Å². The average molecular weight is 327 g/mol. The SMILES string of the molecule is Cc1[nH]c(=O)sc1S(=O)(=O)N1CCn2c(C)ccc2C1C. The second-order valence-electron chi connectivity index (χ2n) is 5.27. The second-order valence-corrected chi connectivity index (χ2v) is 8.34. The molecule has 114 valence electrons. The summed E-state index contributed by atoms with van der Waals surface area (Å²) in [7, 11) is -3.65. The molecule has 0 radical (unpaired) electrons. The van der Waals surface area contributed by atoms with E-state index in [0.29, 0.717) is 18.8 Å². The second kappa shape index (κ2) is 4.82. The van der Waals surface area contributed by atoms with Gasteiger partial charge in [-0.3, -0.25) is 4.79 Å². The minimum absolute atomic E-state index is 0.121. The molecule has 6 nitrogen and oxygen atoms in total. The molecule has 8 heteroatoms. The van der Waals surface area contributed by atoms with E-state index in [1.165, 1.54) is 4.31 Å². The smallest absolute Gasteiger partial charge is 0.305 e. The van der Waals surface area contributed by atoms with Crippen molar-refractivity contribution in [2.45, 2.75) is 37.6 Å². The number of hydrogen-bond acceptors (Lipinski definition) is 4. The van der Waals surface area contributed by atoms with E-state index in [1.54, 1.807) is 6.92 Å². The molecule has 0 bridgehead atoms. The summed E-state index contributed by atoms with van der Waals surface area (Å²) in [6, 6.07) is 3.73. The van der Waals surface area contributed by atoms with Crippen LogP contribution in [0.2, 0.25) is 0 Å². The normalized spacial score (nSPS) is 19.7. The van der Waals surface area contributed by atoms with Gasteiger partial charge < -0.3 is 9.55 Å². The summed E-state index contributed by atoms with van der Waals surface area (Å²) in [5.41, 5.74) is 2.54. The lowest BCUT2D eigenvalue weighted by Crippen LogP contribution is -2.40. The molecule has 0 amide bonds. The zero-order chi connectivity index (χ0) is 15.4. The molecular weight excluding hydrogens is 310 g/mol. The van der Waals surface area contributed by atoms with E-state index in [0.717, 1.165) is 22.7 Å². The van der Waals surface area contributed by atoms with Gasteiger partial charge >= 0.3 is 4.87 Å². The minimum Gasteiger partial charge on any atom is -0.346 e. The lowest BCUT2D eigenvalue weighted by molar-refractivity contribution is 0.281. The van der Waals surface area contributed by atoms with Gasteiger partial charge in [0.1, 0.15) is 0 Å². The fourth-order valence-electron chi connectivity index (χ4n) is 2.87. The molecule has 0 aliphatic carbocycles. The van der Waals surface area contributed by atoms with Crippen LogP contribution in [0.1, 0.15) is 30.0 Å². The first kappa shape index (κ1) is 14.6. The highest BCUT2D eigenvalue weighted by Gasteiger charge is 2.36. The number of nitrogens with zero attached hydrogens (tertiary/aromatic N) is 2. The van der Waals surface area contributed by atoms with Crippen LogP contribution in [-0.2, 0) is 16.6 Å². The lowest BCUT2D eigenvalue weighted by Gasteiger charge is -2.34. The Kier molecular flexibility index (Phi) is 3.34. The molecule has 1 atom stereocenters. The van der Waals surface area contributed by atoms with E-state index in [1.807, 2.05) is 26.0 Å². The van der Waals surface area contributed by atoms with E-state index >= 15 is 0 Å². The van der Waals surface area contributed by atoms with Crippen LogP contribution < -0.4 is 4.87 Å². The summed E-state index contributed by atoms with van der Waals surface area (Å²) < 4.78 is 29.4. The fraction of sp³-hybridized carbons (Fsp3) is 0.462. The topological polar surface area (TPSA) is 75.2 Å². The first-order valence-electron chi connectivity index (χ1n) is 6.70. The number of aromatic nitrogens is 2. The predicted molar refractivity (Wildman–Crippen MR) is 81.2 cm³/mol. The van der Waals surface area contributed by atoms with Crippen LogP contribution in [0.15, 0.2) is 21.1 Å². The van der Waals surface area contributed by atoms with Crippen molar-refractivity contribution < 1.29 is 8.42 Å². The van der Waals surface area contributed by atoms with Gasteiger partial charge in [-0.05, 0) is 32.9 Å². The number of hydrogen-bond donors (Lipinski definition) is 1. The number of thiazole rings is 1. The van der Waals surface area contributed by atoms with Crippen molar-refractivity contribution in [2.75, 3.05) is 6.54 Å². The molecule has 0 spiro atoms. The third-order valence-electron chi connectivity index (χ3n) is 3.96. The van der Waals surface area contributed by atoms with Gasteiger partial charge in [0.05, 0.1) is 6.04 Å². The molecular formula is C13H17N3O3S2. The van der Waals surface area contributed by atoms with Crippen molar-refractivity contribution >= 4 is 21.4 Å². The average Bonchev–Trinajstić information content (AvgIpc) is 2.94. The zero-order valence-electron chi connectivity index (χ0n) is 12.1. The number of nitrogens with one attached hydrogen (secondary N) is 1. The van der Waals surface area contributed by atoms with Gasteiger partial charge in [0.25, 0.3) is 10.0 Å². The number of aryl methyl sites for hydroxylation is 2. The summed E-state index contributed by atoms with van der Waals surface area (Å²) >= 11 is 0.756. The number of H-pyrrole nitrogens is 1. The number of rotatable bonds is 2. The molecule has 0 aromatic carbocycles. The molecule has 1 aliphatic rings. The molecule has 1 aliphatic heterocycles. The molecule has 0 saturated carbocycles. The van der Waals surface area contributed by atoms with Crippen molar-refractivity contribution in [3.8, 4) is 0 Å². The summed E-state index contributed by atoms with van der Waals surface area (Å²) in [4.78, 5) is 13.6. The Balaban J connectivity index is 2.05. The third kappa shape index (κ3) is 2.18. The molecule has 3 rings (SSSR count). The molecule has 2 aromatic rings. The van der Waals surface area contributed by atoms with Gasteiger partial charge in [-0.25, -0.2) is 8.42 Å². The highest BCUT2D eigenvalue weighted by Crippen LogP contribution is 2.33. The van der Waals surface area contributed by atoms with Gasteiger partial charge in [-0.1, -0.05) is 11.3 Å². The maximum atomic E-state index is 12.8. The molecule has 21 heavy (non-hydrogen) atoms. The van der Waals surface area contributed by atoms with Crippen molar-refractivity contribution in [1.82, 2.24) is 13.9 Å². The molecule has 0 saturated heterocycles. The van der Waals surface area contributed by atoms with Crippen LogP contribution >= 0.6 is 11.3 Å². The quantitative estimate of drug-likeness (QED) is 0.911. The Morgan fingerprint density at radius 2 is 2.00 bits per heavy atom. The van der Waals surface area contributed by atoms with Crippen LogP contribution in [0.25, 0.3) is 0 Å². The summed E-state index contributed by atoms with van der Waals surface area (Å²) in [5, 5.41) is 0. The highest BCUT2D eigenvalue weighted by molar-refractivity contribution is 7.91. The number of fused-ring (bicyclic) bond motifs is 1. The van der Waals surface area contributed by atoms with Crippen molar-refractivity contribution in [3.63, 3.8) is 0 Å². The lowest BCUT2D eigenvalue weighted by atomic mass is 10.2. The van der Waals surface area contributed by atoms with Crippen LogP contribution in [0, 0.1) is 13.8 Å². The molecule has 2 aromatic heterocycles. The van der Waals surface area contributed by atoms with Crippen molar-refractivity contribution in [3.05, 3.63) is 38.9 Å². The molecule has 1 unspecified atom stereocenters. The fourth-order valence-corrected chi connectivity index (χ4v) is 5.88. The standard InChI is InChI=1S/C13H17N3O3S2/c1-8-4-5-11-10(3)16(7-6-15(8)11)21(18,19)12-9(2)14-13(17)20-12/h4-5,10H,6-7H2,1-3H3,(H,14,17).